The Morgan fingerprint density at radius 3 is 2.57 bits per heavy atom. The number of fused-ring (bicyclic) bond motifs is 1. The van der Waals surface area contributed by atoms with Crippen molar-refractivity contribution in [1.29, 1.82) is 5.41 Å². The Labute approximate surface area is 175 Å². The maximum absolute atomic E-state index is 12.0. The third-order valence-electron chi connectivity index (χ3n) is 5.55. The molecule has 0 bridgehead atoms. The highest BCUT2D eigenvalue weighted by Gasteiger charge is 2.21. The van der Waals surface area contributed by atoms with Gasteiger partial charge in [-0.15, -0.1) is 0 Å². The number of hydrogen-bond acceptors (Lipinski definition) is 4. The molecule has 0 radical (unpaired) electrons. The van der Waals surface area contributed by atoms with Crippen molar-refractivity contribution in [3.05, 3.63) is 77.4 Å². The average Bonchev–Trinajstić information content (AvgIpc) is 3.25. The molecular formula is C24H25N3O3. The lowest BCUT2D eigenvalue weighted by Gasteiger charge is -2.16. The third-order valence-corrected chi connectivity index (χ3v) is 5.55. The maximum Gasteiger partial charge on any atom is 0.311 e. The molecule has 4 rings (SSSR count). The van der Waals surface area contributed by atoms with E-state index in [-0.39, 0.29) is 11.9 Å². The van der Waals surface area contributed by atoms with Crippen LogP contribution in [-0.4, -0.2) is 36.1 Å². The molecule has 5 N–H and O–H groups in total. The highest BCUT2D eigenvalue weighted by atomic mass is 16.5. The topological polar surface area (TPSA) is 108 Å². The first-order chi connectivity index (χ1) is 14.5. The molecule has 1 aliphatic heterocycles. The smallest absolute Gasteiger partial charge is 0.311 e. The van der Waals surface area contributed by atoms with E-state index in [1.807, 2.05) is 60.7 Å². The van der Waals surface area contributed by atoms with Crippen LogP contribution in [0.25, 0.3) is 10.8 Å². The minimum atomic E-state index is -0.860. The van der Waals surface area contributed by atoms with Gasteiger partial charge in [-0.05, 0) is 59.5 Å². The molecule has 30 heavy (non-hydrogen) atoms. The number of nitrogens with two attached hydrogens (primary N) is 1. The monoisotopic (exact) mass is 403 g/mol. The van der Waals surface area contributed by atoms with Crippen LogP contribution in [0.1, 0.15) is 29.0 Å². The van der Waals surface area contributed by atoms with Crippen molar-refractivity contribution in [2.24, 2.45) is 5.73 Å². The van der Waals surface area contributed by atoms with Gasteiger partial charge in [-0.2, -0.15) is 0 Å². The molecule has 6 heteroatoms. The molecule has 1 aliphatic rings. The molecule has 2 atom stereocenters. The summed E-state index contributed by atoms with van der Waals surface area (Å²) >= 11 is 0. The highest BCUT2D eigenvalue weighted by Crippen LogP contribution is 2.26. The van der Waals surface area contributed by atoms with E-state index in [4.69, 9.17) is 15.9 Å². The van der Waals surface area contributed by atoms with Crippen molar-refractivity contribution >= 4 is 22.6 Å². The number of aliphatic carboxylic acids is 1. The molecular weight excluding hydrogens is 378 g/mol. The van der Waals surface area contributed by atoms with Crippen LogP contribution in [0.15, 0.2) is 60.7 Å². The molecule has 0 unspecified atom stereocenters. The van der Waals surface area contributed by atoms with Crippen LogP contribution in [0.4, 0.5) is 0 Å². The molecule has 3 aromatic carbocycles. The number of carboxylic acids is 1. The number of amidine groups is 1. The summed E-state index contributed by atoms with van der Waals surface area (Å²) in [6, 6.07) is 18.9. The summed E-state index contributed by atoms with van der Waals surface area (Å²) in [5.74, 6) is -0.734. The van der Waals surface area contributed by atoms with Gasteiger partial charge in [0.05, 0.1) is 5.92 Å². The molecule has 0 saturated carbocycles. The van der Waals surface area contributed by atoms with Gasteiger partial charge in [0.25, 0.3) is 0 Å². The first-order valence-corrected chi connectivity index (χ1v) is 10.1. The van der Waals surface area contributed by atoms with Crippen molar-refractivity contribution in [3.63, 3.8) is 0 Å². The quantitative estimate of drug-likeness (QED) is 0.358. The Kier molecular flexibility index (Phi) is 5.68. The molecule has 0 aromatic heterocycles. The van der Waals surface area contributed by atoms with Gasteiger partial charge in [-0.1, -0.05) is 42.5 Å². The molecule has 1 heterocycles. The number of benzene rings is 3. The van der Waals surface area contributed by atoms with Crippen LogP contribution in [0.5, 0.6) is 5.75 Å². The zero-order chi connectivity index (χ0) is 21.1. The van der Waals surface area contributed by atoms with Crippen LogP contribution >= 0.6 is 0 Å². The number of rotatable bonds is 7. The maximum atomic E-state index is 12.0. The van der Waals surface area contributed by atoms with Crippen LogP contribution in [0.3, 0.4) is 0 Å². The molecule has 1 saturated heterocycles. The predicted octanol–water partition coefficient (Wildman–Crippen LogP) is 3.28. The zero-order valence-electron chi connectivity index (χ0n) is 16.6. The Morgan fingerprint density at radius 1 is 1.13 bits per heavy atom. The lowest BCUT2D eigenvalue weighted by atomic mass is 9.91. The van der Waals surface area contributed by atoms with E-state index in [0.717, 1.165) is 47.2 Å². The summed E-state index contributed by atoms with van der Waals surface area (Å²) < 4.78 is 5.93. The fourth-order valence-corrected chi connectivity index (χ4v) is 3.87. The minimum absolute atomic E-state index is 0.0152. The number of ether oxygens (including phenoxy) is 1. The van der Waals surface area contributed by atoms with Gasteiger partial charge in [0, 0.05) is 12.1 Å². The standard InChI is InChI=1S/C24H25N3O3/c25-23(26)18-4-3-16-2-1-15(11-19(16)13-18)12-22(24(28)29)17-5-7-20(8-6-17)30-21-9-10-27-14-21/h1-8,11,13,21-22,27H,9-10,12,14H2,(H3,25,26)(H,28,29)/t21-,22+/m0/s1. The normalized spacial score (nSPS) is 17.0. The number of nitrogen functional groups attached to an aromatic ring is 1. The fraction of sp³-hybridized carbons (Fsp3) is 0.250. The first kappa shape index (κ1) is 19.9. The summed E-state index contributed by atoms with van der Waals surface area (Å²) in [6.07, 6.45) is 1.53. The summed E-state index contributed by atoms with van der Waals surface area (Å²) in [5.41, 5.74) is 7.92. The number of carboxylic acid groups (broad SMARTS) is 1. The number of nitrogens with one attached hydrogen (secondary N) is 2. The molecule has 3 aromatic rings. The highest BCUT2D eigenvalue weighted by molar-refractivity contribution is 5.99. The Hall–Kier alpha value is -3.38. The van der Waals surface area contributed by atoms with Gasteiger partial charge < -0.3 is 20.9 Å². The third kappa shape index (κ3) is 4.44. The number of carbonyl (C=O) groups is 1. The summed E-state index contributed by atoms with van der Waals surface area (Å²) in [5, 5.41) is 22.7. The van der Waals surface area contributed by atoms with E-state index >= 15 is 0 Å². The Bertz CT molecular complexity index is 1070. The van der Waals surface area contributed by atoms with Crippen molar-refractivity contribution in [2.75, 3.05) is 13.1 Å². The second kappa shape index (κ2) is 8.55. The predicted molar refractivity (Wildman–Crippen MR) is 117 cm³/mol. The van der Waals surface area contributed by atoms with Gasteiger partial charge in [0.15, 0.2) is 0 Å². The largest absolute Gasteiger partial charge is 0.489 e. The summed E-state index contributed by atoms with van der Waals surface area (Å²) in [4.78, 5) is 12.0. The van der Waals surface area contributed by atoms with E-state index < -0.39 is 11.9 Å². The molecule has 0 spiro atoms. The summed E-state index contributed by atoms with van der Waals surface area (Å²) in [7, 11) is 0. The zero-order valence-corrected chi connectivity index (χ0v) is 16.6. The number of hydrogen-bond donors (Lipinski definition) is 4. The lowest BCUT2D eigenvalue weighted by Crippen LogP contribution is -2.19. The van der Waals surface area contributed by atoms with Crippen molar-refractivity contribution in [2.45, 2.75) is 24.9 Å². The van der Waals surface area contributed by atoms with Crippen LogP contribution in [0, 0.1) is 5.41 Å². The van der Waals surface area contributed by atoms with E-state index in [1.165, 1.54) is 0 Å². The first-order valence-electron chi connectivity index (χ1n) is 10.1. The lowest BCUT2D eigenvalue weighted by molar-refractivity contribution is -0.138. The van der Waals surface area contributed by atoms with Crippen molar-refractivity contribution in [1.82, 2.24) is 5.32 Å². The molecule has 0 aliphatic carbocycles. The molecule has 0 amide bonds. The van der Waals surface area contributed by atoms with Gasteiger partial charge >= 0.3 is 5.97 Å². The fourth-order valence-electron chi connectivity index (χ4n) is 3.87. The second-order valence-corrected chi connectivity index (χ2v) is 7.71. The van der Waals surface area contributed by atoms with E-state index in [0.29, 0.717) is 12.0 Å². The second-order valence-electron chi connectivity index (χ2n) is 7.71. The molecule has 1 fully saturated rings. The molecule has 6 nitrogen and oxygen atoms in total. The van der Waals surface area contributed by atoms with Gasteiger partial charge in [0.2, 0.25) is 0 Å². The van der Waals surface area contributed by atoms with E-state index in [2.05, 4.69) is 5.32 Å². The van der Waals surface area contributed by atoms with Crippen molar-refractivity contribution < 1.29 is 14.6 Å². The molecule has 154 valence electrons. The van der Waals surface area contributed by atoms with Gasteiger partial charge in [-0.25, -0.2) is 0 Å². The van der Waals surface area contributed by atoms with Gasteiger partial charge in [0.1, 0.15) is 17.7 Å². The van der Waals surface area contributed by atoms with Crippen LogP contribution < -0.4 is 15.8 Å². The SMILES string of the molecule is N=C(N)c1ccc2ccc(C[C@@H](C(=O)O)c3ccc(O[C@H]4CCNC4)cc3)cc2c1. The van der Waals surface area contributed by atoms with Crippen molar-refractivity contribution in [3.8, 4) is 5.75 Å². The van der Waals surface area contributed by atoms with E-state index in [1.54, 1.807) is 0 Å². The van der Waals surface area contributed by atoms with Crippen LogP contribution in [0.2, 0.25) is 0 Å². The summed E-state index contributed by atoms with van der Waals surface area (Å²) in [6.45, 7) is 1.80. The minimum Gasteiger partial charge on any atom is -0.489 e. The van der Waals surface area contributed by atoms with Crippen LogP contribution in [-0.2, 0) is 11.2 Å². The van der Waals surface area contributed by atoms with E-state index in [9.17, 15) is 9.90 Å². The Morgan fingerprint density at radius 2 is 1.90 bits per heavy atom. The average molecular weight is 403 g/mol. The van der Waals surface area contributed by atoms with Gasteiger partial charge in [-0.3, -0.25) is 10.2 Å². The Balaban J connectivity index is 1.54.